The number of nitro groups is 1. The molecule has 7 nitrogen and oxygen atoms in total. The highest BCUT2D eigenvalue weighted by atomic mass is 79.9. The molecule has 3 rings (SSSR count). The zero-order valence-electron chi connectivity index (χ0n) is 12.8. The Labute approximate surface area is 150 Å². The van der Waals surface area contributed by atoms with E-state index in [4.69, 9.17) is 0 Å². The molecule has 0 unspecified atom stereocenters. The van der Waals surface area contributed by atoms with Crippen molar-refractivity contribution in [2.75, 3.05) is 31.1 Å². The first kappa shape index (κ1) is 16.7. The average Bonchev–Trinajstić information content (AvgIpc) is 2.87. The van der Waals surface area contributed by atoms with Crippen LogP contribution in [-0.4, -0.2) is 40.7 Å². The fourth-order valence-electron chi connectivity index (χ4n) is 2.91. The Kier molecular flexibility index (Phi) is 4.61. The second-order valence-corrected chi connectivity index (χ2v) is 7.41. The number of imidazole rings is 1. The summed E-state index contributed by atoms with van der Waals surface area (Å²) < 4.78 is 3.16. The van der Waals surface area contributed by atoms with Gasteiger partial charge in [0, 0.05) is 36.7 Å². The maximum absolute atomic E-state index is 11.5. The fourth-order valence-corrected chi connectivity index (χ4v) is 3.76. The molecule has 0 atom stereocenters. The van der Waals surface area contributed by atoms with Crippen molar-refractivity contribution in [3.8, 4) is 0 Å². The van der Waals surface area contributed by atoms with Gasteiger partial charge in [-0.25, -0.2) is 4.98 Å². The number of halogens is 2. The van der Waals surface area contributed by atoms with Gasteiger partial charge < -0.3 is 14.8 Å². The van der Waals surface area contributed by atoms with E-state index in [1.807, 2.05) is 6.07 Å². The first-order valence-corrected chi connectivity index (χ1v) is 9.00. The molecule has 124 valence electrons. The van der Waals surface area contributed by atoms with Gasteiger partial charge in [0.1, 0.15) is 4.47 Å². The predicted molar refractivity (Wildman–Crippen MR) is 97.3 cm³/mol. The van der Waals surface area contributed by atoms with Crippen LogP contribution in [0.5, 0.6) is 0 Å². The molecular weight excluding hydrogens is 430 g/mol. The Morgan fingerprint density at radius 3 is 2.57 bits per heavy atom. The van der Waals surface area contributed by atoms with Crippen LogP contribution in [0.1, 0.15) is 19.9 Å². The lowest BCUT2D eigenvalue weighted by Gasteiger charge is -2.29. The minimum Gasteiger partial charge on any atom is -0.340 e. The van der Waals surface area contributed by atoms with E-state index in [2.05, 4.69) is 65.5 Å². The van der Waals surface area contributed by atoms with E-state index in [-0.39, 0.29) is 16.7 Å². The monoisotopic (exact) mass is 445 g/mol. The molecule has 1 aromatic carbocycles. The quantitative estimate of drug-likeness (QED) is 0.577. The molecule has 0 amide bonds. The highest BCUT2D eigenvalue weighted by Gasteiger charge is 2.28. The number of fused-ring (bicyclic) bond motifs is 1. The fraction of sp³-hybridized carbons (Fsp3) is 0.500. The van der Waals surface area contributed by atoms with Gasteiger partial charge in [0.2, 0.25) is 5.95 Å². The van der Waals surface area contributed by atoms with E-state index in [0.29, 0.717) is 14.5 Å². The van der Waals surface area contributed by atoms with Crippen LogP contribution in [0.2, 0.25) is 0 Å². The minimum absolute atomic E-state index is 0.00478. The van der Waals surface area contributed by atoms with Crippen molar-refractivity contribution in [3.05, 3.63) is 25.1 Å². The number of nitrogens with one attached hydrogen (secondary N) is 1. The van der Waals surface area contributed by atoms with Gasteiger partial charge in [-0.3, -0.25) is 10.1 Å². The Morgan fingerprint density at radius 2 is 2.00 bits per heavy atom. The van der Waals surface area contributed by atoms with Crippen LogP contribution in [0, 0.1) is 10.1 Å². The first-order chi connectivity index (χ1) is 10.9. The lowest BCUT2D eigenvalue weighted by molar-refractivity contribution is -0.384. The Balaban J connectivity index is 2.30. The van der Waals surface area contributed by atoms with Gasteiger partial charge in [-0.1, -0.05) is 0 Å². The second kappa shape index (κ2) is 6.37. The number of aromatic nitrogens is 2. The Morgan fingerprint density at radius 1 is 1.35 bits per heavy atom. The molecule has 0 radical (unpaired) electrons. The molecule has 1 saturated heterocycles. The van der Waals surface area contributed by atoms with E-state index in [9.17, 15) is 10.1 Å². The van der Waals surface area contributed by atoms with Gasteiger partial charge in [-0.05, 0) is 51.8 Å². The molecule has 1 aliphatic heterocycles. The summed E-state index contributed by atoms with van der Waals surface area (Å²) in [4.78, 5) is 18.0. The van der Waals surface area contributed by atoms with Crippen molar-refractivity contribution in [2.24, 2.45) is 0 Å². The molecular formula is C14H17Br2N5O2. The summed E-state index contributed by atoms with van der Waals surface area (Å²) in [6.45, 7) is 7.58. The number of hydrogen-bond donors (Lipinski definition) is 1. The van der Waals surface area contributed by atoms with Gasteiger partial charge in [-0.2, -0.15) is 0 Å². The third kappa shape index (κ3) is 2.85. The normalized spacial score (nSPS) is 15.6. The summed E-state index contributed by atoms with van der Waals surface area (Å²) >= 11 is 6.72. The largest absolute Gasteiger partial charge is 0.340 e. The van der Waals surface area contributed by atoms with Gasteiger partial charge >= 0.3 is 5.69 Å². The van der Waals surface area contributed by atoms with Crippen LogP contribution < -0.4 is 10.2 Å². The summed E-state index contributed by atoms with van der Waals surface area (Å²) in [5.41, 5.74) is 1.20. The van der Waals surface area contributed by atoms with E-state index in [1.54, 1.807) is 0 Å². The average molecular weight is 447 g/mol. The topological polar surface area (TPSA) is 76.2 Å². The number of rotatable bonds is 3. The van der Waals surface area contributed by atoms with Gasteiger partial charge in [0.05, 0.1) is 10.4 Å². The highest BCUT2D eigenvalue weighted by molar-refractivity contribution is 9.13. The van der Waals surface area contributed by atoms with E-state index >= 15 is 0 Å². The molecule has 1 N–H and O–H groups in total. The summed E-state index contributed by atoms with van der Waals surface area (Å²) in [6.07, 6.45) is 0. The molecule has 9 heteroatoms. The number of hydrogen-bond acceptors (Lipinski definition) is 5. The lowest BCUT2D eigenvalue weighted by atomic mass is 10.2. The van der Waals surface area contributed by atoms with E-state index in [1.165, 1.54) is 0 Å². The summed E-state index contributed by atoms with van der Waals surface area (Å²) in [5.74, 6) is 0.796. The number of piperazine rings is 1. The molecule has 0 bridgehead atoms. The van der Waals surface area contributed by atoms with E-state index in [0.717, 1.165) is 37.6 Å². The summed E-state index contributed by atoms with van der Waals surface area (Å²) in [7, 11) is 0. The van der Waals surface area contributed by atoms with Crippen LogP contribution >= 0.6 is 31.9 Å². The SMILES string of the molecule is CC(C)n1c(N2CCNCC2)nc2c([N+](=O)[O-])c(Br)c(Br)cc21. The standard InChI is InChI=1S/C14H17Br2N5O2/c1-8(2)20-10-7-9(15)11(16)13(21(22)23)12(10)18-14(20)19-5-3-17-4-6-19/h7-8,17H,3-6H2,1-2H3. The number of nitrogens with zero attached hydrogens (tertiary/aromatic N) is 4. The third-order valence-corrected chi connectivity index (χ3v) is 5.89. The molecule has 23 heavy (non-hydrogen) atoms. The molecule has 2 aromatic rings. The number of benzene rings is 1. The minimum atomic E-state index is -0.379. The maximum atomic E-state index is 11.5. The van der Waals surface area contributed by atoms with Gasteiger partial charge in [-0.15, -0.1) is 0 Å². The van der Waals surface area contributed by atoms with Crippen LogP contribution in [0.4, 0.5) is 11.6 Å². The molecule has 0 aliphatic carbocycles. The van der Waals surface area contributed by atoms with Crippen molar-refractivity contribution in [1.82, 2.24) is 14.9 Å². The van der Waals surface area contributed by atoms with Crippen LogP contribution in [0.15, 0.2) is 15.0 Å². The van der Waals surface area contributed by atoms with Crippen molar-refractivity contribution in [3.63, 3.8) is 0 Å². The van der Waals surface area contributed by atoms with Gasteiger partial charge in [0.15, 0.2) is 5.52 Å². The second-order valence-electron chi connectivity index (χ2n) is 5.76. The summed E-state index contributed by atoms with van der Waals surface area (Å²) in [6, 6.07) is 2.04. The van der Waals surface area contributed by atoms with Crippen LogP contribution in [0.25, 0.3) is 11.0 Å². The molecule has 1 fully saturated rings. The molecule has 0 saturated carbocycles. The molecule has 0 spiro atoms. The number of anilines is 1. The van der Waals surface area contributed by atoms with Crippen LogP contribution in [0.3, 0.4) is 0 Å². The van der Waals surface area contributed by atoms with Crippen molar-refractivity contribution >= 4 is 54.5 Å². The highest BCUT2D eigenvalue weighted by Crippen LogP contribution is 2.41. The maximum Gasteiger partial charge on any atom is 0.312 e. The zero-order valence-corrected chi connectivity index (χ0v) is 16.0. The van der Waals surface area contributed by atoms with Crippen LogP contribution in [-0.2, 0) is 0 Å². The summed E-state index contributed by atoms with van der Waals surface area (Å²) in [5, 5.41) is 14.8. The molecule has 1 aromatic heterocycles. The van der Waals surface area contributed by atoms with E-state index < -0.39 is 0 Å². The Hall–Kier alpha value is -1.19. The Bertz CT molecular complexity index is 768. The van der Waals surface area contributed by atoms with Crippen molar-refractivity contribution in [1.29, 1.82) is 0 Å². The van der Waals surface area contributed by atoms with Crippen molar-refractivity contribution in [2.45, 2.75) is 19.9 Å². The zero-order chi connectivity index (χ0) is 16.7. The van der Waals surface area contributed by atoms with Gasteiger partial charge in [0.25, 0.3) is 0 Å². The first-order valence-electron chi connectivity index (χ1n) is 7.41. The lowest BCUT2D eigenvalue weighted by Crippen LogP contribution is -2.44. The molecule has 2 heterocycles. The predicted octanol–water partition coefficient (Wildman–Crippen LogP) is 3.46. The molecule has 1 aliphatic rings. The third-order valence-electron chi connectivity index (χ3n) is 3.93. The number of nitro benzene ring substituents is 1. The smallest absolute Gasteiger partial charge is 0.312 e. The van der Waals surface area contributed by atoms with Crippen molar-refractivity contribution < 1.29 is 4.92 Å².